The van der Waals surface area contributed by atoms with Crippen LogP contribution in [-0.2, 0) is 0 Å². The lowest BCUT2D eigenvalue weighted by atomic mass is 10.3. The summed E-state index contributed by atoms with van der Waals surface area (Å²) in [5.74, 6) is -1.78. The zero-order chi connectivity index (χ0) is 11.4. The Morgan fingerprint density at radius 1 is 1.60 bits per heavy atom. The van der Waals surface area contributed by atoms with Crippen molar-refractivity contribution in [1.29, 1.82) is 0 Å². The number of amides is 1. The van der Waals surface area contributed by atoms with Crippen LogP contribution >= 0.6 is 0 Å². The maximum atomic E-state index is 11.6. The Kier molecular flexibility index (Phi) is 3.40. The monoisotopic (exact) mass is 213 g/mol. The number of aromatic carboxylic acids is 1. The molecule has 0 fully saturated rings. The first kappa shape index (κ1) is 11.2. The fraction of sp³-hybridized carbons (Fsp3) is 0.375. The van der Waals surface area contributed by atoms with Crippen molar-refractivity contribution in [2.45, 2.75) is 0 Å². The standard InChI is InChI=1S/C8H11N3O4/c1-11(2-3-12)7(13)5-6(8(14)15)10-4-9-5/h4,12H,2-3H2,1H3,(H,9,10)(H,14,15). The summed E-state index contributed by atoms with van der Waals surface area (Å²) >= 11 is 0. The molecule has 7 nitrogen and oxygen atoms in total. The Balaban J connectivity index is 2.91. The molecule has 1 amide bonds. The molecular formula is C8H11N3O4. The summed E-state index contributed by atoms with van der Waals surface area (Å²) in [5, 5.41) is 17.3. The Morgan fingerprint density at radius 2 is 2.27 bits per heavy atom. The number of carbonyl (C=O) groups excluding carboxylic acids is 1. The van der Waals surface area contributed by atoms with Crippen LogP contribution in [-0.4, -0.2) is 57.2 Å². The maximum absolute atomic E-state index is 11.6. The van der Waals surface area contributed by atoms with Gasteiger partial charge in [-0.25, -0.2) is 9.78 Å². The molecule has 0 aromatic carbocycles. The van der Waals surface area contributed by atoms with Crippen molar-refractivity contribution < 1.29 is 19.8 Å². The van der Waals surface area contributed by atoms with Crippen molar-refractivity contribution in [3.05, 3.63) is 17.7 Å². The minimum absolute atomic E-state index is 0.130. The van der Waals surface area contributed by atoms with Crippen molar-refractivity contribution in [3.8, 4) is 0 Å². The van der Waals surface area contributed by atoms with Crippen molar-refractivity contribution in [2.24, 2.45) is 0 Å². The van der Waals surface area contributed by atoms with Crippen molar-refractivity contribution in [1.82, 2.24) is 14.9 Å². The van der Waals surface area contributed by atoms with Gasteiger partial charge in [-0.15, -0.1) is 0 Å². The molecule has 3 N–H and O–H groups in total. The smallest absolute Gasteiger partial charge is 0.354 e. The molecule has 0 spiro atoms. The van der Waals surface area contributed by atoms with Crippen LogP contribution in [0.2, 0.25) is 0 Å². The van der Waals surface area contributed by atoms with Gasteiger partial charge >= 0.3 is 5.97 Å². The van der Waals surface area contributed by atoms with E-state index in [2.05, 4.69) is 9.97 Å². The van der Waals surface area contributed by atoms with Crippen LogP contribution in [0.4, 0.5) is 0 Å². The van der Waals surface area contributed by atoms with Crippen LogP contribution in [0.5, 0.6) is 0 Å². The summed E-state index contributed by atoms with van der Waals surface area (Å²) in [6.45, 7) is -0.0557. The first-order chi connectivity index (χ1) is 7.07. The van der Waals surface area contributed by atoms with Crippen LogP contribution < -0.4 is 0 Å². The number of carboxylic acid groups (broad SMARTS) is 1. The molecule has 7 heteroatoms. The average molecular weight is 213 g/mol. The highest BCUT2D eigenvalue weighted by molar-refractivity contribution is 6.02. The summed E-state index contributed by atoms with van der Waals surface area (Å²) in [6.07, 6.45) is 1.14. The van der Waals surface area contributed by atoms with Gasteiger partial charge in [0.2, 0.25) is 0 Å². The molecule has 1 heterocycles. The van der Waals surface area contributed by atoms with Gasteiger partial charge in [0.05, 0.1) is 12.9 Å². The Morgan fingerprint density at radius 3 is 2.80 bits per heavy atom. The lowest BCUT2D eigenvalue weighted by molar-refractivity contribution is 0.0671. The number of carbonyl (C=O) groups is 2. The molecule has 0 saturated carbocycles. The number of hydrogen-bond donors (Lipinski definition) is 3. The van der Waals surface area contributed by atoms with Gasteiger partial charge in [-0.05, 0) is 0 Å². The highest BCUT2D eigenvalue weighted by atomic mass is 16.4. The number of hydrogen-bond acceptors (Lipinski definition) is 4. The predicted octanol–water partition coefficient (Wildman–Crippen LogP) is -0.828. The van der Waals surface area contributed by atoms with Crippen LogP contribution in [0.15, 0.2) is 6.33 Å². The lowest BCUT2D eigenvalue weighted by Gasteiger charge is -2.14. The van der Waals surface area contributed by atoms with Crippen LogP contribution in [0.1, 0.15) is 21.0 Å². The third kappa shape index (κ3) is 2.32. The van der Waals surface area contributed by atoms with E-state index in [1.54, 1.807) is 0 Å². The molecular weight excluding hydrogens is 202 g/mol. The minimum atomic E-state index is -1.24. The number of aromatic amines is 1. The summed E-state index contributed by atoms with van der Waals surface area (Å²) in [5.41, 5.74) is -0.400. The second-order valence-electron chi connectivity index (χ2n) is 2.88. The molecule has 0 bridgehead atoms. The van der Waals surface area contributed by atoms with Gasteiger partial charge in [0.25, 0.3) is 5.91 Å². The molecule has 15 heavy (non-hydrogen) atoms. The van der Waals surface area contributed by atoms with Crippen molar-refractivity contribution in [2.75, 3.05) is 20.2 Å². The largest absolute Gasteiger partial charge is 0.477 e. The van der Waals surface area contributed by atoms with Gasteiger partial charge in [-0.2, -0.15) is 0 Å². The van der Waals surface area contributed by atoms with Crippen LogP contribution in [0, 0.1) is 0 Å². The van der Waals surface area contributed by atoms with Crippen molar-refractivity contribution >= 4 is 11.9 Å². The van der Waals surface area contributed by atoms with Crippen molar-refractivity contribution in [3.63, 3.8) is 0 Å². The van der Waals surface area contributed by atoms with E-state index >= 15 is 0 Å². The molecule has 0 aliphatic rings. The summed E-state index contributed by atoms with van der Waals surface area (Å²) in [6, 6.07) is 0. The fourth-order valence-corrected chi connectivity index (χ4v) is 1.05. The molecule has 0 unspecified atom stereocenters. The first-order valence-corrected chi connectivity index (χ1v) is 4.21. The first-order valence-electron chi connectivity index (χ1n) is 4.21. The second-order valence-corrected chi connectivity index (χ2v) is 2.88. The molecule has 1 aromatic heterocycles. The third-order valence-corrected chi connectivity index (χ3v) is 1.84. The number of nitrogens with one attached hydrogen (secondary N) is 1. The molecule has 0 saturated heterocycles. The third-order valence-electron chi connectivity index (χ3n) is 1.84. The number of H-pyrrole nitrogens is 1. The molecule has 1 rings (SSSR count). The number of carboxylic acids is 1. The van der Waals surface area contributed by atoms with Gasteiger partial charge in [-0.1, -0.05) is 0 Å². The van der Waals surface area contributed by atoms with Crippen LogP contribution in [0.3, 0.4) is 0 Å². The quantitative estimate of drug-likeness (QED) is 0.605. The number of rotatable bonds is 4. The second kappa shape index (κ2) is 4.56. The van der Waals surface area contributed by atoms with Gasteiger partial charge in [-0.3, -0.25) is 4.79 Å². The van der Waals surface area contributed by atoms with E-state index in [4.69, 9.17) is 10.2 Å². The molecule has 0 aliphatic heterocycles. The number of aromatic nitrogens is 2. The highest BCUT2D eigenvalue weighted by Gasteiger charge is 2.22. The van der Waals surface area contributed by atoms with E-state index in [0.29, 0.717) is 0 Å². The average Bonchev–Trinajstić information content (AvgIpc) is 2.65. The van der Waals surface area contributed by atoms with E-state index in [-0.39, 0.29) is 24.5 Å². The number of imidazole rings is 1. The predicted molar refractivity (Wildman–Crippen MR) is 49.6 cm³/mol. The zero-order valence-electron chi connectivity index (χ0n) is 8.10. The van der Waals surface area contributed by atoms with Gasteiger partial charge in [0.15, 0.2) is 11.4 Å². The van der Waals surface area contributed by atoms with Gasteiger partial charge in [0.1, 0.15) is 0 Å². The SMILES string of the molecule is CN(CCO)C(=O)c1nc[nH]c1C(=O)O. The van der Waals surface area contributed by atoms with E-state index < -0.39 is 11.9 Å². The number of likely N-dealkylation sites (N-methyl/N-ethyl adjacent to an activating group) is 1. The fourth-order valence-electron chi connectivity index (χ4n) is 1.05. The summed E-state index contributed by atoms with van der Waals surface area (Å²) in [4.78, 5) is 29.5. The van der Waals surface area contributed by atoms with E-state index in [9.17, 15) is 9.59 Å². The Labute approximate surface area is 85.4 Å². The summed E-state index contributed by atoms with van der Waals surface area (Å²) < 4.78 is 0. The molecule has 1 aromatic rings. The topological polar surface area (TPSA) is 107 Å². The zero-order valence-corrected chi connectivity index (χ0v) is 8.10. The Hall–Kier alpha value is -1.89. The number of nitrogens with zero attached hydrogens (tertiary/aromatic N) is 2. The molecule has 82 valence electrons. The molecule has 0 atom stereocenters. The van der Waals surface area contributed by atoms with E-state index in [1.165, 1.54) is 11.9 Å². The molecule has 0 aliphatic carbocycles. The number of aliphatic hydroxyl groups excluding tert-OH is 1. The van der Waals surface area contributed by atoms with Crippen LogP contribution in [0.25, 0.3) is 0 Å². The van der Waals surface area contributed by atoms with E-state index in [1.807, 2.05) is 0 Å². The lowest BCUT2D eigenvalue weighted by Crippen LogP contribution is -2.30. The maximum Gasteiger partial charge on any atom is 0.354 e. The van der Waals surface area contributed by atoms with Gasteiger partial charge in [0, 0.05) is 13.6 Å². The van der Waals surface area contributed by atoms with Gasteiger partial charge < -0.3 is 20.1 Å². The summed E-state index contributed by atoms with van der Waals surface area (Å²) in [7, 11) is 1.46. The van der Waals surface area contributed by atoms with E-state index in [0.717, 1.165) is 6.33 Å². The normalized spacial score (nSPS) is 10.0. The molecule has 0 radical (unpaired) electrons. The number of aliphatic hydroxyl groups is 1. The Bertz CT molecular complexity index is 374. The highest BCUT2D eigenvalue weighted by Crippen LogP contribution is 2.05. The minimum Gasteiger partial charge on any atom is -0.477 e.